The molecule has 0 aliphatic carbocycles. The number of halogens is 1. The van der Waals surface area contributed by atoms with Gasteiger partial charge in [0, 0.05) is 23.5 Å². The third-order valence-corrected chi connectivity index (χ3v) is 6.63. The Balaban J connectivity index is 1.15. The molecule has 15 heteroatoms. The molecule has 0 saturated carbocycles. The second-order valence-corrected chi connectivity index (χ2v) is 11.3. The van der Waals surface area contributed by atoms with Crippen LogP contribution in [0.25, 0.3) is 16.8 Å². The van der Waals surface area contributed by atoms with Crippen LogP contribution in [0.3, 0.4) is 0 Å². The van der Waals surface area contributed by atoms with Crippen LogP contribution in [0.2, 0.25) is 0 Å². The first-order chi connectivity index (χ1) is 20.9. The summed E-state index contributed by atoms with van der Waals surface area (Å²) in [7, 11) is 0. The molecule has 2 aliphatic rings. The first-order valence-corrected chi connectivity index (χ1v) is 13.9. The van der Waals surface area contributed by atoms with Gasteiger partial charge in [-0.05, 0) is 58.0 Å². The van der Waals surface area contributed by atoms with E-state index >= 15 is 4.39 Å². The van der Waals surface area contributed by atoms with E-state index in [-0.39, 0.29) is 13.1 Å². The van der Waals surface area contributed by atoms with Gasteiger partial charge in [0.2, 0.25) is 5.91 Å². The minimum Gasteiger partial charge on any atom is -0.444 e. The molecule has 1 saturated heterocycles. The van der Waals surface area contributed by atoms with Gasteiger partial charge in [-0.15, -0.1) is 5.10 Å². The van der Waals surface area contributed by atoms with Gasteiger partial charge in [0.1, 0.15) is 29.7 Å². The maximum absolute atomic E-state index is 15.2. The maximum Gasteiger partial charge on any atom is 0.414 e. The van der Waals surface area contributed by atoms with Crippen molar-refractivity contribution in [2.24, 2.45) is 0 Å². The number of pyridine rings is 1. The van der Waals surface area contributed by atoms with Gasteiger partial charge in [0.25, 0.3) is 0 Å². The van der Waals surface area contributed by atoms with Gasteiger partial charge in [0.05, 0.1) is 42.9 Å². The summed E-state index contributed by atoms with van der Waals surface area (Å²) in [5.41, 5.74) is 4.49. The van der Waals surface area contributed by atoms with Crippen LogP contribution in [0.15, 0.2) is 55.0 Å². The van der Waals surface area contributed by atoms with Crippen LogP contribution in [-0.4, -0.2) is 75.0 Å². The highest BCUT2D eigenvalue weighted by Gasteiger charge is 2.33. The number of carbonyl (C=O) groups excluding carboxylic acids is 3. The number of cyclic esters (lactones) is 1. The lowest BCUT2D eigenvalue weighted by atomic mass is 10.1. The van der Waals surface area contributed by atoms with Gasteiger partial charge in [-0.1, -0.05) is 11.3 Å². The summed E-state index contributed by atoms with van der Waals surface area (Å²) in [4.78, 5) is 48.0. The Bertz CT molecular complexity index is 1540. The Hall–Kier alpha value is -5.05. The molecule has 2 aliphatic heterocycles. The molecule has 0 spiro atoms. The van der Waals surface area contributed by atoms with Crippen molar-refractivity contribution < 1.29 is 33.1 Å². The van der Waals surface area contributed by atoms with Gasteiger partial charge in [0.15, 0.2) is 0 Å². The number of nitrogens with zero attached hydrogens (tertiary/aromatic N) is 5. The zero-order chi connectivity index (χ0) is 31.4. The summed E-state index contributed by atoms with van der Waals surface area (Å²) in [5, 5.41) is 12.8. The van der Waals surface area contributed by atoms with Crippen molar-refractivity contribution in [1.29, 1.82) is 0 Å². The van der Waals surface area contributed by atoms with Crippen LogP contribution < -0.4 is 21.0 Å². The van der Waals surface area contributed by atoms with Crippen LogP contribution >= 0.6 is 0 Å². The number of anilines is 1. The fourth-order valence-electron chi connectivity index (χ4n) is 4.52. The van der Waals surface area contributed by atoms with Crippen molar-refractivity contribution in [2.75, 3.05) is 18.0 Å². The highest BCUT2D eigenvalue weighted by molar-refractivity contribution is 5.90. The van der Waals surface area contributed by atoms with E-state index in [0.29, 0.717) is 34.8 Å². The minimum atomic E-state index is -0.808. The Morgan fingerprint density at radius 1 is 1.25 bits per heavy atom. The highest BCUT2D eigenvalue weighted by atomic mass is 19.1. The Kier molecular flexibility index (Phi) is 8.76. The number of amides is 3. The number of rotatable bonds is 9. The van der Waals surface area contributed by atoms with E-state index in [0.717, 1.165) is 0 Å². The molecule has 3 atom stereocenters. The molecule has 0 radical (unpaired) electrons. The Labute approximate surface area is 252 Å². The quantitative estimate of drug-likeness (QED) is 0.329. The molecule has 1 fully saturated rings. The van der Waals surface area contributed by atoms with Crippen molar-refractivity contribution in [2.45, 2.75) is 58.1 Å². The van der Waals surface area contributed by atoms with E-state index in [2.05, 4.69) is 31.4 Å². The summed E-state index contributed by atoms with van der Waals surface area (Å²) in [6.07, 6.45) is 4.34. The van der Waals surface area contributed by atoms with Crippen LogP contribution in [-0.2, 0) is 25.7 Å². The summed E-state index contributed by atoms with van der Waals surface area (Å²) >= 11 is 0. The molecule has 14 nitrogen and oxygen atoms in total. The number of ether oxygens (including phenoxy) is 2. The molecule has 232 valence electrons. The van der Waals surface area contributed by atoms with E-state index in [1.165, 1.54) is 23.4 Å². The Morgan fingerprint density at radius 3 is 2.75 bits per heavy atom. The van der Waals surface area contributed by atoms with Crippen LogP contribution in [0, 0.1) is 5.82 Å². The molecule has 3 amide bonds. The number of aromatic nitrogens is 4. The van der Waals surface area contributed by atoms with Gasteiger partial charge < -0.3 is 20.1 Å². The average Bonchev–Trinajstić information content (AvgIpc) is 3.73. The normalized spacial score (nSPS) is 18.7. The zero-order valence-corrected chi connectivity index (χ0v) is 24.6. The summed E-state index contributed by atoms with van der Waals surface area (Å²) in [6, 6.07) is 7.17. The molecular weight excluding hydrogens is 575 g/mol. The number of hydrogen-bond donors (Lipinski definition) is 3. The van der Waals surface area contributed by atoms with E-state index < -0.39 is 47.8 Å². The molecule has 5 rings (SSSR count). The van der Waals surface area contributed by atoms with Gasteiger partial charge >= 0.3 is 12.2 Å². The van der Waals surface area contributed by atoms with Crippen LogP contribution in [0.4, 0.5) is 19.7 Å². The Morgan fingerprint density at radius 2 is 2.07 bits per heavy atom. The standard InChI is InChI=1S/C29H33FN8O6/c1-17(34-27(40)43-29(2,3)4)26(39)32-14-20-12-25(35-44-20)24-8-5-18(13-31-24)22-7-6-19(11-23(22)30)38-16-21(42-28(38)41)15-37-10-9-33-36-37/h5-13,17,20-21,35H,14-16H2,1-4H3,(H,32,39)(H,34,40)/t17-,20-,21-/m0/s1. The SMILES string of the molecule is C[C@H](NC(=O)OC(C)(C)C)C(=O)NC[C@@H]1C=C(c2ccc(-c3ccc(N4C[C@H](Cn5ccnn5)OC4=O)cc3F)cn2)NO1. The van der Waals surface area contributed by atoms with Gasteiger partial charge in [-0.3, -0.25) is 25.0 Å². The molecule has 4 heterocycles. The highest BCUT2D eigenvalue weighted by Crippen LogP contribution is 2.30. The van der Waals surface area contributed by atoms with E-state index in [9.17, 15) is 14.4 Å². The molecule has 0 bridgehead atoms. The molecule has 3 aromatic rings. The number of hydroxylamine groups is 1. The maximum atomic E-state index is 15.2. The molecule has 0 unspecified atom stereocenters. The molecule has 44 heavy (non-hydrogen) atoms. The van der Waals surface area contributed by atoms with Crippen molar-refractivity contribution in [3.63, 3.8) is 0 Å². The van der Waals surface area contributed by atoms with E-state index in [1.807, 2.05) is 0 Å². The first-order valence-electron chi connectivity index (χ1n) is 13.9. The number of nitrogens with one attached hydrogen (secondary N) is 3. The summed E-state index contributed by atoms with van der Waals surface area (Å²) < 4.78 is 27.3. The molecule has 3 N–H and O–H groups in total. The van der Waals surface area contributed by atoms with Crippen molar-refractivity contribution >= 4 is 29.5 Å². The lowest BCUT2D eigenvalue weighted by molar-refractivity contribution is -0.123. The largest absolute Gasteiger partial charge is 0.444 e. The van der Waals surface area contributed by atoms with Gasteiger partial charge in [-0.25, -0.2) is 18.7 Å². The van der Waals surface area contributed by atoms with Crippen molar-refractivity contribution in [3.8, 4) is 11.1 Å². The van der Waals surface area contributed by atoms with Crippen molar-refractivity contribution in [1.82, 2.24) is 36.1 Å². The fourth-order valence-corrected chi connectivity index (χ4v) is 4.52. The van der Waals surface area contributed by atoms with Gasteiger partial charge in [-0.2, -0.15) is 0 Å². The predicted octanol–water partition coefficient (Wildman–Crippen LogP) is 2.78. The predicted molar refractivity (Wildman–Crippen MR) is 155 cm³/mol. The zero-order valence-electron chi connectivity index (χ0n) is 24.6. The van der Waals surface area contributed by atoms with Crippen LogP contribution in [0.5, 0.6) is 0 Å². The van der Waals surface area contributed by atoms with Crippen LogP contribution in [0.1, 0.15) is 33.4 Å². The molecular formula is C29H33FN8O6. The summed E-state index contributed by atoms with van der Waals surface area (Å²) in [5.74, 6) is -0.914. The average molecular weight is 609 g/mol. The third-order valence-electron chi connectivity index (χ3n) is 6.63. The number of alkyl carbamates (subject to hydrolysis) is 1. The fraction of sp³-hybridized carbons (Fsp3) is 0.379. The second-order valence-electron chi connectivity index (χ2n) is 11.3. The van der Waals surface area contributed by atoms with Crippen molar-refractivity contribution in [3.05, 3.63) is 66.5 Å². The monoisotopic (exact) mass is 608 g/mol. The third kappa shape index (κ3) is 7.47. The number of carbonyl (C=O) groups is 3. The number of benzene rings is 1. The smallest absolute Gasteiger partial charge is 0.414 e. The van der Waals surface area contributed by atoms with E-state index in [4.69, 9.17) is 14.3 Å². The second kappa shape index (κ2) is 12.7. The molecule has 2 aromatic heterocycles. The number of hydrogen-bond acceptors (Lipinski definition) is 10. The minimum absolute atomic E-state index is 0.150. The molecule has 1 aromatic carbocycles. The topological polar surface area (TPSA) is 162 Å². The lowest BCUT2D eigenvalue weighted by Crippen LogP contribution is -2.47. The summed E-state index contributed by atoms with van der Waals surface area (Å²) in [6.45, 7) is 7.50. The lowest BCUT2D eigenvalue weighted by Gasteiger charge is -2.21. The van der Waals surface area contributed by atoms with E-state index in [1.54, 1.807) is 68.9 Å². The first kappa shape index (κ1) is 30.4.